The number of carbonyl (C=O) groups excluding carboxylic acids is 1. The van der Waals surface area contributed by atoms with E-state index in [1.54, 1.807) is 6.21 Å². The van der Waals surface area contributed by atoms with Crippen molar-refractivity contribution in [3.8, 4) is 0 Å². The first-order valence-corrected chi connectivity index (χ1v) is 5.03. The molecule has 1 aromatic carbocycles. The highest BCUT2D eigenvalue weighted by Crippen LogP contribution is 2.12. The zero-order valence-corrected chi connectivity index (χ0v) is 9.47. The second-order valence-electron chi connectivity index (χ2n) is 3.34. The van der Waals surface area contributed by atoms with Crippen LogP contribution in [0.2, 0.25) is 0 Å². The number of nitrogens with one attached hydrogen (secondary N) is 1. The van der Waals surface area contributed by atoms with E-state index in [0.29, 0.717) is 0 Å². The van der Waals surface area contributed by atoms with Gasteiger partial charge in [-0.15, -0.1) is 0 Å². The van der Waals surface area contributed by atoms with Gasteiger partial charge in [0, 0.05) is 19.3 Å². The summed E-state index contributed by atoms with van der Waals surface area (Å²) in [6.45, 7) is 3.04. The summed E-state index contributed by atoms with van der Waals surface area (Å²) in [5.74, 6) is 0. The predicted molar refractivity (Wildman–Crippen MR) is 65.7 cm³/mol. The molecule has 0 aromatic heterocycles. The molecule has 1 rings (SSSR count). The lowest BCUT2D eigenvalue weighted by molar-refractivity contribution is 0.249. The van der Waals surface area contributed by atoms with Crippen LogP contribution in [0.5, 0.6) is 0 Å². The molecule has 0 aliphatic heterocycles. The van der Waals surface area contributed by atoms with Gasteiger partial charge >= 0.3 is 6.03 Å². The average Bonchev–Trinajstić information content (AvgIpc) is 2.28. The molecule has 5 heteroatoms. The van der Waals surface area contributed by atoms with Crippen LogP contribution in [0.25, 0.3) is 0 Å². The maximum absolute atomic E-state index is 10.4. The Morgan fingerprint density at radius 3 is 2.62 bits per heavy atom. The van der Waals surface area contributed by atoms with E-state index in [1.165, 1.54) is 0 Å². The van der Waals surface area contributed by atoms with Gasteiger partial charge < -0.3 is 10.6 Å². The molecule has 2 amide bonds. The van der Waals surface area contributed by atoms with E-state index in [0.717, 1.165) is 17.8 Å². The molecular formula is C11H16N4O. The van der Waals surface area contributed by atoms with Crippen molar-refractivity contribution in [3.05, 3.63) is 29.8 Å². The highest BCUT2D eigenvalue weighted by Gasteiger charge is 1.96. The molecule has 0 unspecified atom stereocenters. The van der Waals surface area contributed by atoms with Crippen LogP contribution >= 0.6 is 0 Å². The second-order valence-corrected chi connectivity index (χ2v) is 3.34. The zero-order valence-electron chi connectivity index (χ0n) is 9.47. The Hall–Kier alpha value is -2.04. The van der Waals surface area contributed by atoms with Crippen molar-refractivity contribution in [3.63, 3.8) is 0 Å². The lowest BCUT2D eigenvalue weighted by atomic mass is 10.2. The lowest BCUT2D eigenvalue weighted by Crippen LogP contribution is -2.24. The average molecular weight is 220 g/mol. The second kappa shape index (κ2) is 5.75. The number of hydrogen-bond acceptors (Lipinski definition) is 3. The van der Waals surface area contributed by atoms with Crippen molar-refractivity contribution in [2.24, 2.45) is 10.8 Å². The summed E-state index contributed by atoms with van der Waals surface area (Å²) >= 11 is 0. The zero-order chi connectivity index (χ0) is 12.0. The van der Waals surface area contributed by atoms with Crippen molar-refractivity contribution in [1.29, 1.82) is 0 Å². The number of primary amides is 1. The van der Waals surface area contributed by atoms with E-state index in [1.807, 2.05) is 31.3 Å². The summed E-state index contributed by atoms with van der Waals surface area (Å²) in [7, 11) is 2.03. The van der Waals surface area contributed by atoms with Gasteiger partial charge in [-0.05, 0) is 24.6 Å². The van der Waals surface area contributed by atoms with E-state index in [4.69, 9.17) is 5.73 Å². The molecule has 0 fully saturated rings. The Morgan fingerprint density at radius 2 is 2.12 bits per heavy atom. The van der Waals surface area contributed by atoms with Crippen LogP contribution in [-0.4, -0.2) is 25.8 Å². The molecule has 5 nitrogen and oxygen atoms in total. The Morgan fingerprint density at radius 1 is 1.50 bits per heavy atom. The maximum Gasteiger partial charge on any atom is 0.332 e. The van der Waals surface area contributed by atoms with Crippen molar-refractivity contribution < 1.29 is 4.79 Å². The minimum atomic E-state index is -0.668. The summed E-state index contributed by atoms with van der Waals surface area (Å²) in [5.41, 5.74) is 9.05. The highest BCUT2D eigenvalue weighted by atomic mass is 16.2. The number of hydrazone groups is 1. The molecule has 86 valence electrons. The van der Waals surface area contributed by atoms with Crippen LogP contribution < -0.4 is 16.1 Å². The molecule has 0 spiro atoms. The van der Waals surface area contributed by atoms with Crippen LogP contribution in [0, 0.1) is 0 Å². The van der Waals surface area contributed by atoms with Crippen molar-refractivity contribution >= 4 is 17.9 Å². The number of benzene rings is 1. The molecule has 0 atom stereocenters. The first-order valence-electron chi connectivity index (χ1n) is 5.03. The van der Waals surface area contributed by atoms with Crippen LogP contribution in [0.4, 0.5) is 10.5 Å². The third-order valence-electron chi connectivity index (χ3n) is 2.20. The van der Waals surface area contributed by atoms with Gasteiger partial charge in [0.1, 0.15) is 0 Å². The van der Waals surface area contributed by atoms with Crippen LogP contribution in [-0.2, 0) is 0 Å². The van der Waals surface area contributed by atoms with E-state index < -0.39 is 6.03 Å². The molecule has 0 bridgehead atoms. The van der Waals surface area contributed by atoms with Gasteiger partial charge in [-0.25, -0.2) is 10.2 Å². The molecular weight excluding hydrogens is 204 g/mol. The van der Waals surface area contributed by atoms with Crippen LogP contribution in [0.3, 0.4) is 0 Å². The first kappa shape index (κ1) is 12.0. The number of hydrogen-bond donors (Lipinski definition) is 2. The van der Waals surface area contributed by atoms with E-state index in [-0.39, 0.29) is 0 Å². The molecule has 3 N–H and O–H groups in total. The summed E-state index contributed by atoms with van der Waals surface area (Å²) < 4.78 is 0. The molecule has 0 heterocycles. The molecule has 0 aliphatic rings. The van der Waals surface area contributed by atoms with Gasteiger partial charge in [0.25, 0.3) is 0 Å². The third kappa shape index (κ3) is 3.61. The Balaban J connectivity index is 2.64. The number of nitrogens with two attached hydrogens (primary N) is 1. The Labute approximate surface area is 94.9 Å². The summed E-state index contributed by atoms with van der Waals surface area (Å²) in [6, 6.07) is 7.17. The van der Waals surface area contributed by atoms with Crippen molar-refractivity contribution in [2.45, 2.75) is 6.92 Å². The minimum absolute atomic E-state index is 0.668. The van der Waals surface area contributed by atoms with Gasteiger partial charge in [0.15, 0.2) is 0 Å². The van der Waals surface area contributed by atoms with Gasteiger partial charge in [-0.2, -0.15) is 5.10 Å². The molecule has 1 aromatic rings. The predicted octanol–water partition coefficient (Wildman–Crippen LogP) is 1.14. The monoisotopic (exact) mass is 220 g/mol. The number of anilines is 1. The third-order valence-corrected chi connectivity index (χ3v) is 2.20. The Kier molecular flexibility index (Phi) is 4.32. The summed E-state index contributed by atoms with van der Waals surface area (Å²) in [4.78, 5) is 12.5. The van der Waals surface area contributed by atoms with Gasteiger partial charge in [-0.3, -0.25) is 0 Å². The van der Waals surface area contributed by atoms with Crippen molar-refractivity contribution in [1.82, 2.24) is 5.43 Å². The number of rotatable bonds is 4. The molecule has 0 aliphatic carbocycles. The smallest absolute Gasteiger partial charge is 0.332 e. The fourth-order valence-corrected chi connectivity index (χ4v) is 1.17. The molecule has 0 radical (unpaired) electrons. The summed E-state index contributed by atoms with van der Waals surface area (Å²) in [6.07, 6.45) is 1.54. The van der Waals surface area contributed by atoms with Crippen molar-refractivity contribution in [2.75, 3.05) is 18.5 Å². The first-order chi connectivity index (χ1) is 7.63. The normalized spacial score (nSPS) is 10.4. The van der Waals surface area contributed by atoms with Crippen LogP contribution in [0.15, 0.2) is 29.4 Å². The van der Waals surface area contributed by atoms with Gasteiger partial charge in [-0.1, -0.05) is 12.1 Å². The molecule has 0 saturated carbocycles. The van der Waals surface area contributed by atoms with Crippen LogP contribution in [0.1, 0.15) is 12.5 Å². The number of carbonyl (C=O) groups is 1. The fraction of sp³-hybridized carbons (Fsp3) is 0.273. The van der Waals surface area contributed by atoms with E-state index >= 15 is 0 Å². The highest BCUT2D eigenvalue weighted by molar-refractivity contribution is 5.82. The number of urea groups is 1. The topological polar surface area (TPSA) is 70.7 Å². The maximum atomic E-state index is 10.4. The van der Waals surface area contributed by atoms with Gasteiger partial charge in [0.2, 0.25) is 0 Å². The molecule has 0 saturated heterocycles. The SMILES string of the molecule is CCN(C)c1ccc(C=NNC(N)=O)cc1. The lowest BCUT2D eigenvalue weighted by Gasteiger charge is -2.16. The minimum Gasteiger partial charge on any atom is -0.375 e. The number of nitrogens with zero attached hydrogens (tertiary/aromatic N) is 2. The van der Waals surface area contributed by atoms with E-state index in [9.17, 15) is 4.79 Å². The largest absolute Gasteiger partial charge is 0.375 e. The quantitative estimate of drug-likeness (QED) is 0.590. The fourth-order valence-electron chi connectivity index (χ4n) is 1.17. The Bertz CT molecular complexity index is 372. The molecule has 16 heavy (non-hydrogen) atoms. The number of amides is 2. The van der Waals surface area contributed by atoms with Gasteiger partial charge in [0.05, 0.1) is 6.21 Å². The summed E-state index contributed by atoms with van der Waals surface area (Å²) in [5, 5.41) is 3.67. The standard InChI is InChI=1S/C11H16N4O/c1-3-15(2)10-6-4-9(5-7-10)8-13-14-11(12)16/h4-8H,3H2,1-2H3,(H3,12,14,16). The van der Waals surface area contributed by atoms with E-state index in [2.05, 4.69) is 22.4 Å².